The van der Waals surface area contributed by atoms with E-state index in [-0.39, 0.29) is 5.92 Å². The van der Waals surface area contributed by atoms with Gasteiger partial charge >= 0.3 is 0 Å². The highest BCUT2D eigenvalue weighted by Gasteiger charge is 2.46. The molecule has 3 heteroatoms. The zero-order chi connectivity index (χ0) is 14.8. The zero-order valence-corrected chi connectivity index (χ0v) is 13.1. The number of piperidine rings is 1. The first-order valence-corrected chi connectivity index (χ1v) is 8.19. The molecule has 0 radical (unpaired) electrons. The Morgan fingerprint density at radius 3 is 2.95 bits per heavy atom. The van der Waals surface area contributed by atoms with Crippen molar-refractivity contribution in [2.24, 2.45) is 11.8 Å². The van der Waals surface area contributed by atoms with Crippen LogP contribution in [0.4, 0.5) is 0 Å². The van der Waals surface area contributed by atoms with Crippen molar-refractivity contribution >= 4 is 5.91 Å². The molecule has 1 aromatic carbocycles. The Morgan fingerprint density at radius 2 is 2.19 bits per heavy atom. The minimum atomic E-state index is 0.236. The first-order valence-electron chi connectivity index (χ1n) is 8.19. The number of nitrogens with one attached hydrogen (secondary N) is 1. The second-order valence-electron chi connectivity index (χ2n) is 6.66. The molecule has 1 aliphatic heterocycles. The van der Waals surface area contributed by atoms with Crippen LogP contribution in [0.15, 0.2) is 24.3 Å². The van der Waals surface area contributed by atoms with E-state index >= 15 is 0 Å². The van der Waals surface area contributed by atoms with E-state index in [2.05, 4.69) is 41.4 Å². The fraction of sp³-hybridized carbons (Fsp3) is 0.611. The Kier molecular flexibility index (Phi) is 4.29. The molecule has 3 nitrogen and oxygen atoms in total. The minimum Gasteiger partial charge on any atom is -0.342 e. The monoisotopic (exact) mass is 286 g/mol. The van der Waals surface area contributed by atoms with E-state index < -0.39 is 0 Å². The van der Waals surface area contributed by atoms with Gasteiger partial charge in [-0.2, -0.15) is 0 Å². The summed E-state index contributed by atoms with van der Waals surface area (Å²) in [4.78, 5) is 14.8. The maximum atomic E-state index is 12.7. The number of amides is 1. The summed E-state index contributed by atoms with van der Waals surface area (Å²) >= 11 is 0. The molecule has 3 rings (SSSR count). The molecule has 1 amide bonds. The molecule has 21 heavy (non-hydrogen) atoms. The first kappa shape index (κ1) is 14.6. The van der Waals surface area contributed by atoms with Crippen LogP contribution in [0.25, 0.3) is 0 Å². The van der Waals surface area contributed by atoms with Crippen LogP contribution in [-0.2, 0) is 4.79 Å². The Bertz CT molecular complexity index is 512. The van der Waals surface area contributed by atoms with Crippen molar-refractivity contribution in [1.82, 2.24) is 10.2 Å². The van der Waals surface area contributed by atoms with Crippen LogP contribution in [0.5, 0.6) is 0 Å². The number of carbonyl (C=O) groups is 1. The lowest BCUT2D eigenvalue weighted by Crippen LogP contribution is -2.43. The summed E-state index contributed by atoms with van der Waals surface area (Å²) in [5.74, 6) is 1.72. The molecule has 2 fully saturated rings. The Hall–Kier alpha value is -1.35. The maximum absolute atomic E-state index is 12.7. The molecule has 0 bridgehead atoms. The van der Waals surface area contributed by atoms with Gasteiger partial charge in [0.2, 0.25) is 5.91 Å². The summed E-state index contributed by atoms with van der Waals surface area (Å²) in [5.41, 5.74) is 2.70. The van der Waals surface area contributed by atoms with Crippen molar-refractivity contribution in [3.63, 3.8) is 0 Å². The summed E-state index contributed by atoms with van der Waals surface area (Å²) in [5, 5.41) is 3.25. The summed E-state index contributed by atoms with van der Waals surface area (Å²) < 4.78 is 0. The Morgan fingerprint density at radius 1 is 1.38 bits per heavy atom. The number of benzene rings is 1. The van der Waals surface area contributed by atoms with E-state index in [9.17, 15) is 4.79 Å². The molecule has 3 atom stereocenters. The van der Waals surface area contributed by atoms with Gasteiger partial charge in [-0.3, -0.25) is 4.79 Å². The first-order chi connectivity index (χ1) is 10.2. The third-order valence-corrected chi connectivity index (χ3v) is 5.02. The van der Waals surface area contributed by atoms with E-state index in [1.165, 1.54) is 17.5 Å². The van der Waals surface area contributed by atoms with Crippen LogP contribution in [-0.4, -0.2) is 37.5 Å². The van der Waals surface area contributed by atoms with Crippen molar-refractivity contribution in [2.45, 2.75) is 32.1 Å². The fourth-order valence-electron chi connectivity index (χ4n) is 3.77. The van der Waals surface area contributed by atoms with Gasteiger partial charge in [0.15, 0.2) is 0 Å². The van der Waals surface area contributed by atoms with Gasteiger partial charge < -0.3 is 10.2 Å². The molecule has 0 aromatic heterocycles. The number of hydrogen-bond acceptors (Lipinski definition) is 2. The van der Waals surface area contributed by atoms with Gasteiger partial charge in [0, 0.05) is 19.0 Å². The predicted molar refractivity (Wildman–Crippen MR) is 85.3 cm³/mol. The van der Waals surface area contributed by atoms with E-state index in [4.69, 9.17) is 0 Å². The van der Waals surface area contributed by atoms with Gasteiger partial charge in [-0.25, -0.2) is 0 Å². The van der Waals surface area contributed by atoms with Crippen LogP contribution in [0, 0.1) is 18.8 Å². The molecule has 114 valence electrons. The number of carbonyl (C=O) groups excluding carboxylic acids is 1. The van der Waals surface area contributed by atoms with Crippen molar-refractivity contribution in [3.05, 3.63) is 35.4 Å². The molecule has 1 saturated heterocycles. The lowest BCUT2D eigenvalue weighted by molar-refractivity contribution is -0.134. The topological polar surface area (TPSA) is 32.3 Å². The third-order valence-electron chi connectivity index (χ3n) is 5.02. The smallest absolute Gasteiger partial charge is 0.226 e. The largest absolute Gasteiger partial charge is 0.342 e. The fourth-order valence-corrected chi connectivity index (χ4v) is 3.77. The highest BCUT2D eigenvalue weighted by atomic mass is 16.2. The number of hydrogen-bond donors (Lipinski definition) is 1. The molecule has 1 heterocycles. The molecule has 1 saturated carbocycles. The number of rotatable bonds is 4. The lowest BCUT2D eigenvalue weighted by atomic mass is 9.97. The van der Waals surface area contributed by atoms with Gasteiger partial charge in [-0.15, -0.1) is 0 Å². The third kappa shape index (κ3) is 3.13. The molecule has 1 N–H and O–H groups in total. The van der Waals surface area contributed by atoms with Gasteiger partial charge in [0.1, 0.15) is 0 Å². The molecular weight excluding hydrogens is 260 g/mol. The van der Waals surface area contributed by atoms with Gasteiger partial charge in [0.25, 0.3) is 0 Å². The van der Waals surface area contributed by atoms with E-state index in [0.29, 0.717) is 17.7 Å². The Balaban J connectivity index is 1.61. The summed E-state index contributed by atoms with van der Waals surface area (Å²) in [6.07, 6.45) is 3.44. The van der Waals surface area contributed by atoms with E-state index in [1.807, 2.05) is 7.05 Å². The SMILES string of the molecule is CNCC1CCCN(C(=O)C2CC2c2ccccc2C)C1. The van der Waals surface area contributed by atoms with Crippen LogP contribution < -0.4 is 5.32 Å². The highest BCUT2D eigenvalue weighted by Crippen LogP contribution is 2.49. The average Bonchev–Trinajstić information content (AvgIpc) is 3.28. The summed E-state index contributed by atoms with van der Waals surface area (Å²) in [7, 11) is 2.00. The van der Waals surface area contributed by atoms with Gasteiger partial charge in [-0.1, -0.05) is 24.3 Å². The van der Waals surface area contributed by atoms with Crippen LogP contribution in [0.3, 0.4) is 0 Å². The van der Waals surface area contributed by atoms with Crippen LogP contribution in [0.1, 0.15) is 36.3 Å². The molecule has 1 aromatic rings. The summed E-state index contributed by atoms with van der Waals surface area (Å²) in [6, 6.07) is 8.50. The van der Waals surface area contributed by atoms with Crippen LogP contribution >= 0.6 is 0 Å². The predicted octanol–water partition coefficient (Wildman–Crippen LogP) is 2.56. The minimum absolute atomic E-state index is 0.236. The Labute approximate surface area is 127 Å². The van der Waals surface area contributed by atoms with Crippen LogP contribution in [0.2, 0.25) is 0 Å². The van der Waals surface area contributed by atoms with Crippen molar-refractivity contribution in [1.29, 1.82) is 0 Å². The molecular formula is C18H26N2O. The molecule has 1 aliphatic carbocycles. The molecule has 2 aliphatic rings. The molecule has 0 spiro atoms. The maximum Gasteiger partial charge on any atom is 0.226 e. The quantitative estimate of drug-likeness (QED) is 0.922. The average molecular weight is 286 g/mol. The lowest BCUT2D eigenvalue weighted by Gasteiger charge is -2.33. The zero-order valence-electron chi connectivity index (χ0n) is 13.1. The van der Waals surface area contributed by atoms with E-state index in [1.54, 1.807) is 0 Å². The summed E-state index contributed by atoms with van der Waals surface area (Å²) in [6.45, 7) is 5.07. The second-order valence-corrected chi connectivity index (χ2v) is 6.66. The van der Waals surface area contributed by atoms with Crippen molar-refractivity contribution < 1.29 is 4.79 Å². The number of likely N-dealkylation sites (tertiary alicyclic amines) is 1. The van der Waals surface area contributed by atoms with Gasteiger partial charge in [0.05, 0.1) is 0 Å². The van der Waals surface area contributed by atoms with E-state index in [0.717, 1.165) is 32.5 Å². The standard InChI is InChI=1S/C18H26N2O/c1-13-6-3-4-8-15(13)16-10-17(16)18(21)20-9-5-7-14(12-20)11-19-2/h3-4,6,8,14,16-17,19H,5,7,9-12H2,1-2H3. The molecule has 3 unspecified atom stereocenters. The number of aryl methyl sites for hydroxylation is 1. The normalized spacial score (nSPS) is 28.5. The highest BCUT2D eigenvalue weighted by molar-refractivity contribution is 5.83. The second kappa shape index (κ2) is 6.18. The van der Waals surface area contributed by atoms with Gasteiger partial charge in [-0.05, 0) is 62.7 Å². The number of nitrogens with zero attached hydrogens (tertiary/aromatic N) is 1. The van der Waals surface area contributed by atoms with Crippen molar-refractivity contribution in [2.75, 3.05) is 26.7 Å². The van der Waals surface area contributed by atoms with Crippen molar-refractivity contribution in [3.8, 4) is 0 Å².